The van der Waals surface area contributed by atoms with Crippen molar-refractivity contribution in [1.29, 1.82) is 0 Å². The van der Waals surface area contributed by atoms with Gasteiger partial charge in [0.1, 0.15) is 0 Å². The van der Waals surface area contributed by atoms with Crippen LogP contribution in [0.5, 0.6) is 0 Å². The number of aryl methyl sites for hydroxylation is 2. The van der Waals surface area contributed by atoms with Gasteiger partial charge in [-0.25, -0.2) is 22.9 Å². The lowest BCUT2D eigenvalue weighted by Crippen LogP contribution is -2.27. The molecule has 0 unspecified atom stereocenters. The van der Waals surface area contributed by atoms with E-state index >= 15 is 0 Å². The highest BCUT2D eigenvalue weighted by atomic mass is 35.5. The minimum absolute atomic E-state index is 0.0648. The summed E-state index contributed by atoms with van der Waals surface area (Å²) in [6, 6.07) is 29.4. The summed E-state index contributed by atoms with van der Waals surface area (Å²) >= 11 is 11.1. The molecule has 0 radical (unpaired) electrons. The molecule has 0 atom stereocenters. The van der Waals surface area contributed by atoms with Crippen LogP contribution in [0.1, 0.15) is 32.4 Å². The summed E-state index contributed by atoms with van der Waals surface area (Å²) < 4.78 is 29.3. The SMILES string of the molecule is Cc1cc(=O)c(C(=O)Nc2cccc(Cl)c2F)nn1-c1ccccc1.Cc1cc(=O)c(C(=O)O)nn1-c1ccccc1.Nc1cccc(Cl)c1F. The van der Waals surface area contributed by atoms with Gasteiger partial charge in [-0.2, -0.15) is 10.2 Å². The van der Waals surface area contributed by atoms with Crippen LogP contribution in [0.2, 0.25) is 10.0 Å². The summed E-state index contributed by atoms with van der Waals surface area (Å²) in [6.07, 6.45) is 0. The Bertz CT molecular complexity index is 2300. The van der Waals surface area contributed by atoms with Crippen LogP contribution in [0, 0.1) is 25.5 Å². The molecule has 4 aromatic carbocycles. The standard InChI is InChI=1S/C18H13ClFN3O2.C12H10N2O3.C6H5ClFN/c1-11-10-15(24)17(22-23(11)12-6-3-2-4-7-12)18(25)21-14-9-5-8-13(19)16(14)20;1-8-7-10(15)11(12(16)17)13-14(8)9-5-3-2-4-6-9;7-4-2-1-3-5(9)6(4)8/h2-10H,1H3,(H,21,25);2-7H,1H3,(H,16,17);1-3H,9H2. The number of anilines is 2. The van der Waals surface area contributed by atoms with Crippen LogP contribution in [-0.4, -0.2) is 36.5 Å². The van der Waals surface area contributed by atoms with E-state index in [1.807, 2.05) is 36.4 Å². The van der Waals surface area contributed by atoms with Gasteiger partial charge in [0.15, 0.2) is 17.3 Å². The molecule has 260 valence electrons. The number of carbonyl (C=O) groups excluding carboxylic acids is 1. The molecule has 51 heavy (non-hydrogen) atoms. The Morgan fingerprint density at radius 3 is 1.61 bits per heavy atom. The van der Waals surface area contributed by atoms with Crippen molar-refractivity contribution in [2.75, 3.05) is 11.1 Å². The molecule has 6 rings (SSSR count). The number of benzene rings is 4. The molecule has 0 aliphatic rings. The second kappa shape index (κ2) is 17.0. The van der Waals surface area contributed by atoms with Gasteiger partial charge in [-0.15, -0.1) is 0 Å². The molecule has 2 aromatic heterocycles. The number of carboxylic acids is 1. The quantitative estimate of drug-likeness (QED) is 0.162. The van der Waals surface area contributed by atoms with Crippen LogP contribution in [0.4, 0.5) is 20.2 Å². The average Bonchev–Trinajstić information content (AvgIpc) is 3.10. The van der Waals surface area contributed by atoms with Gasteiger partial charge in [-0.05, 0) is 62.4 Å². The second-order valence-corrected chi connectivity index (χ2v) is 11.3. The maximum Gasteiger partial charge on any atom is 0.360 e. The maximum atomic E-state index is 13.9. The van der Waals surface area contributed by atoms with E-state index in [2.05, 4.69) is 15.5 Å². The zero-order valence-electron chi connectivity index (χ0n) is 26.9. The van der Waals surface area contributed by atoms with Gasteiger partial charge in [-0.1, -0.05) is 71.7 Å². The molecular weight excluding hydrogens is 705 g/mol. The highest BCUT2D eigenvalue weighted by Crippen LogP contribution is 2.22. The van der Waals surface area contributed by atoms with Crippen molar-refractivity contribution in [3.63, 3.8) is 0 Å². The van der Waals surface area contributed by atoms with Crippen LogP contribution in [0.3, 0.4) is 0 Å². The number of carboxylic acid groups (broad SMARTS) is 1. The number of rotatable bonds is 5. The van der Waals surface area contributed by atoms with Crippen LogP contribution >= 0.6 is 23.2 Å². The largest absolute Gasteiger partial charge is 0.476 e. The van der Waals surface area contributed by atoms with Crippen LogP contribution in [-0.2, 0) is 0 Å². The van der Waals surface area contributed by atoms with Gasteiger partial charge < -0.3 is 16.2 Å². The Labute approximate surface area is 299 Å². The van der Waals surface area contributed by atoms with Crippen molar-refractivity contribution >= 4 is 46.5 Å². The normalized spacial score (nSPS) is 10.2. The first kappa shape index (κ1) is 37.6. The number of nitrogen functional groups attached to an aromatic ring is 1. The van der Waals surface area contributed by atoms with E-state index in [-0.39, 0.29) is 27.1 Å². The Kier molecular flexibility index (Phi) is 12.5. The van der Waals surface area contributed by atoms with Crippen molar-refractivity contribution in [3.8, 4) is 11.4 Å². The predicted octanol–water partition coefficient (Wildman–Crippen LogP) is 6.89. The van der Waals surface area contributed by atoms with Gasteiger partial charge in [0.25, 0.3) is 5.91 Å². The van der Waals surface area contributed by atoms with E-state index in [0.29, 0.717) is 22.8 Å². The van der Waals surface area contributed by atoms with E-state index in [9.17, 15) is 28.0 Å². The molecule has 2 heterocycles. The number of hydrogen-bond acceptors (Lipinski definition) is 7. The number of aromatic carboxylic acids is 1. The number of nitrogens with two attached hydrogens (primary N) is 1. The topological polar surface area (TPSA) is 162 Å². The van der Waals surface area contributed by atoms with E-state index in [1.54, 1.807) is 44.2 Å². The molecule has 0 saturated carbocycles. The second-order valence-electron chi connectivity index (χ2n) is 10.5. The van der Waals surface area contributed by atoms with Crippen LogP contribution < -0.4 is 21.9 Å². The Balaban J connectivity index is 0.000000192. The van der Waals surface area contributed by atoms with Crippen LogP contribution in [0.25, 0.3) is 11.4 Å². The van der Waals surface area contributed by atoms with E-state index in [4.69, 9.17) is 34.0 Å². The third-order valence-electron chi connectivity index (χ3n) is 6.82. The zero-order chi connectivity index (χ0) is 37.2. The summed E-state index contributed by atoms with van der Waals surface area (Å²) in [4.78, 5) is 46.8. The molecular formula is C36H28Cl2F2N6O5. The van der Waals surface area contributed by atoms with Crippen molar-refractivity contribution in [2.24, 2.45) is 0 Å². The third kappa shape index (κ3) is 9.50. The number of hydrogen-bond donors (Lipinski definition) is 3. The lowest BCUT2D eigenvalue weighted by Gasteiger charge is -2.11. The molecule has 0 aliphatic carbocycles. The summed E-state index contributed by atoms with van der Waals surface area (Å²) in [5.41, 5.74) is 5.76. The minimum atomic E-state index is -1.32. The summed E-state index contributed by atoms with van der Waals surface area (Å²) in [7, 11) is 0. The summed E-state index contributed by atoms with van der Waals surface area (Å²) in [5, 5.41) is 19.1. The lowest BCUT2D eigenvalue weighted by molar-refractivity contribution is 0.0686. The third-order valence-corrected chi connectivity index (χ3v) is 7.40. The maximum absolute atomic E-state index is 13.9. The highest BCUT2D eigenvalue weighted by Gasteiger charge is 2.18. The first-order valence-electron chi connectivity index (χ1n) is 14.8. The van der Waals surface area contributed by atoms with Crippen molar-refractivity contribution in [2.45, 2.75) is 13.8 Å². The molecule has 1 amide bonds. The zero-order valence-corrected chi connectivity index (χ0v) is 28.4. The molecule has 6 aromatic rings. The smallest absolute Gasteiger partial charge is 0.360 e. The van der Waals surface area contributed by atoms with E-state index in [0.717, 1.165) is 0 Å². The van der Waals surface area contributed by atoms with Gasteiger partial charge in [0.2, 0.25) is 16.6 Å². The number of carbonyl (C=O) groups is 2. The molecule has 15 heteroatoms. The molecule has 0 saturated heterocycles. The number of aromatic nitrogens is 4. The van der Waals surface area contributed by atoms with Gasteiger partial charge in [-0.3, -0.25) is 14.4 Å². The summed E-state index contributed by atoms with van der Waals surface area (Å²) in [6.45, 7) is 3.41. The lowest BCUT2D eigenvalue weighted by atomic mass is 10.2. The van der Waals surface area contributed by atoms with Crippen molar-refractivity contribution in [1.82, 2.24) is 19.6 Å². The minimum Gasteiger partial charge on any atom is -0.476 e. The van der Waals surface area contributed by atoms with Crippen molar-refractivity contribution < 1.29 is 23.5 Å². The van der Waals surface area contributed by atoms with Gasteiger partial charge >= 0.3 is 5.97 Å². The molecule has 0 spiro atoms. The highest BCUT2D eigenvalue weighted by molar-refractivity contribution is 6.31. The van der Waals surface area contributed by atoms with E-state index in [1.165, 1.54) is 51.8 Å². The molecule has 11 nitrogen and oxygen atoms in total. The first-order valence-corrected chi connectivity index (χ1v) is 15.5. The molecule has 0 fully saturated rings. The fraction of sp³-hybridized carbons (Fsp3) is 0.0556. The number of halogens is 4. The Morgan fingerprint density at radius 2 is 1.14 bits per heavy atom. The molecule has 0 bridgehead atoms. The average molecular weight is 734 g/mol. The van der Waals surface area contributed by atoms with Crippen LogP contribution in [0.15, 0.2) is 119 Å². The number of nitrogens with zero attached hydrogens (tertiary/aromatic N) is 4. The number of amides is 1. The summed E-state index contributed by atoms with van der Waals surface area (Å²) in [5.74, 6) is -3.44. The number of para-hydroxylation sites is 2. The predicted molar refractivity (Wildman–Crippen MR) is 191 cm³/mol. The van der Waals surface area contributed by atoms with Gasteiger partial charge in [0, 0.05) is 23.5 Å². The first-order chi connectivity index (χ1) is 24.3. The number of nitrogens with one attached hydrogen (secondary N) is 1. The molecule has 4 N–H and O–H groups in total. The molecule has 0 aliphatic heterocycles. The van der Waals surface area contributed by atoms with Gasteiger partial charge in [0.05, 0.1) is 32.8 Å². The fourth-order valence-corrected chi connectivity index (χ4v) is 4.72. The van der Waals surface area contributed by atoms with E-state index < -0.39 is 40.1 Å². The Morgan fingerprint density at radius 1 is 0.686 bits per heavy atom. The monoisotopic (exact) mass is 732 g/mol. The Hall–Kier alpha value is -6.18. The van der Waals surface area contributed by atoms with Crippen molar-refractivity contribution in [3.05, 3.63) is 174 Å². The fourth-order valence-electron chi connectivity index (χ4n) is 4.36.